The molecule has 0 atom stereocenters. The standard InChI is InChI=1S/C21H25N5O4/c1-25-13-15(14-7-2-3-8-16(14)25)18(28)24-23-17(27)9-6-12-26-19(29)21(22-20(26)30)10-4-5-11-21/h2-3,7-8,13H,4-6,9-12H2,1H3,(H,22,30)(H,23,27)(H,24,28). The van der Waals surface area contributed by atoms with Crippen LogP contribution in [0.3, 0.4) is 0 Å². The van der Waals surface area contributed by atoms with E-state index in [1.165, 1.54) is 4.90 Å². The fourth-order valence-corrected chi connectivity index (χ4v) is 4.37. The van der Waals surface area contributed by atoms with Gasteiger partial charge in [0.15, 0.2) is 0 Å². The molecule has 1 aliphatic carbocycles. The van der Waals surface area contributed by atoms with Crippen LogP contribution in [0.5, 0.6) is 0 Å². The Labute approximate surface area is 173 Å². The van der Waals surface area contributed by atoms with Crippen LogP contribution in [-0.4, -0.2) is 45.3 Å². The number of aromatic nitrogens is 1. The summed E-state index contributed by atoms with van der Waals surface area (Å²) in [4.78, 5) is 50.5. The fraction of sp³-hybridized carbons (Fsp3) is 0.429. The summed E-state index contributed by atoms with van der Waals surface area (Å²) < 4.78 is 1.85. The minimum Gasteiger partial charge on any atom is -0.350 e. The van der Waals surface area contributed by atoms with Crippen molar-refractivity contribution in [1.29, 1.82) is 0 Å². The number of hydrazine groups is 1. The van der Waals surface area contributed by atoms with Crippen molar-refractivity contribution in [2.45, 2.75) is 44.1 Å². The molecule has 158 valence electrons. The third-order valence-corrected chi connectivity index (χ3v) is 5.95. The van der Waals surface area contributed by atoms with Crippen LogP contribution in [0.15, 0.2) is 30.5 Å². The van der Waals surface area contributed by atoms with Gasteiger partial charge < -0.3 is 9.88 Å². The van der Waals surface area contributed by atoms with Crippen LogP contribution in [0.1, 0.15) is 48.9 Å². The van der Waals surface area contributed by atoms with Gasteiger partial charge in [0.1, 0.15) is 5.54 Å². The Balaban J connectivity index is 1.26. The molecule has 30 heavy (non-hydrogen) atoms. The SMILES string of the molecule is Cn1cc(C(=O)NNC(=O)CCCN2C(=O)NC3(CCCC3)C2=O)c2ccccc21. The van der Waals surface area contributed by atoms with E-state index in [0.717, 1.165) is 23.7 Å². The summed E-state index contributed by atoms with van der Waals surface area (Å²) in [5, 5.41) is 3.62. The van der Waals surface area contributed by atoms with Crippen LogP contribution in [-0.2, 0) is 16.6 Å². The first-order valence-electron chi connectivity index (χ1n) is 10.2. The van der Waals surface area contributed by atoms with E-state index in [2.05, 4.69) is 16.2 Å². The molecule has 2 heterocycles. The maximum absolute atomic E-state index is 12.6. The van der Waals surface area contributed by atoms with Crippen molar-refractivity contribution in [2.24, 2.45) is 7.05 Å². The predicted octanol–water partition coefficient (Wildman–Crippen LogP) is 1.58. The number of nitrogens with zero attached hydrogens (tertiary/aromatic N) is 2. The summed E-state index contributed by atoms with van der Waals surface area (Å²) in [6, 6.07) is 7.12. The number of hydrogen-bond donors (Lipinski definition) is 3. The third-order valence-electron chi connectivity index (χ3n) is 5.95. The predicted molar refractivity (Wildman–Crippen MR) is 109 cm³/mol. The second kappa shape index (κ2) is 7.81. The molecule has 1 saturated carbocycles. The lowest BCUT2D eigenvalue weighted by Gasteiger charge is -2.19. The van der Waals surface area contributed by atoms with E-state index < -0.39 is 11.4 Å². The number of carbonyl (C=O) groups is 4. The highest BCUT2D eigenvalue weighted by Gasteiger charge is 2.52. The van der Waals surface area contributed by atoms with Crippen molar-refractivity contribution in [3.8, 4) is 0 Å². The summed E-state index contributed by atoms with van der Waals surface area (Å²) in [6.07, 6.45) is 5.33. The summed E-state index contributed by atoms with van der Waals surface area (Å²) in [5.41, 5.74) is 5.48. The van der Waals surface area contributed by atoms with Gasteiger partial charge in [0.05, 0.1) is 5.56 Å². The zero-order valence-electron chi connectivity index (χ0n) is 16.9. The zero-order valence-corrected chi connectivity index (χ0v) is 16.9. The number of amides is 5. The number of aryl methyl sites for hydroxylation is 1. The molecule has 1 spiro atoms. The van der Waals surface area contributed by atoms with Gasteiger partial charge in [-0.15, -0.1) is 0 Å². The minimum absolute atomic E-state index is 0.0832. The molecule has 1 aliphatic heterocycles. The molecule has 4 rings (SSSR count). The van der Waals surface area contributed by atoms with Gasteiger partial charge in [-0.3, -0.25) is 30.1 Å². The van der Waals surface area contributed by atoms with Gasteiger partial charge in [0.2, 0.25) is 5.91 Å². The van der Waals surface area contributed by atoms with Crippen molar-refractivity contribution in [2.75, 3.05) is 6.54 Å². The Kier molecular flexibility index (Phi) is 5.19. The van der Waals surface area contributed by atoms with Crippen LogP contribution in [0.25, 0.3) is 10.9 Å². The highest BCUT2D eigenvalue weighted by Crippen LogP contribution is 2.35. The van der Waals surface area contributed by atoms with Crippen molar-refractivity contribution >= 4 is 34.7 Å². The number of imide groups is 1. The monoisotopic (exact) mass is 411 g/mol. The van der Waals surface area contributed by atoms with Gasteiger partial charge in [-0.05, 0) is 25.3 Å². The van der Waals surface area contributed by atoms with Crippen LogP contribution in [0.4, 0.5) is 4.79 Å². The first kappa shape index (κ1) is 19.9. The number of hydrogen-bond acceptors (Lipinski definition) is 4. The number of fused-ring (bicyclic) bond motifs is 1. The minimum atomic E-state index is -0.730. The van der Waals surface area contributed by atoms with Gasteiger partial charge in [-0.1, -0.05) is 31.0 Å². The number of benzene rings is 1. The van der Waals surface area contributed by atoms with E-state index >= 15 is 0 Å². The molecule has 1 aromatic heterocycles. The average molecular weight is 411 g/mol. The maximum Gasteiger partial charge on any atom is 0.325 e. The van der Waals surface area contributed by atoms with E-state index in [0.29, 0.717) is 24.8 Å². The summed E-state index contributed by atoms with van der Waals surface area (Å²) >= 11 is 0. The lowest BCUT2D eigenvalue weighted by Crippen LogP contribution is -2.44. The van der Waals surface area contributed by atoms with Crippen LogP contribution in [0, 0.1) is 0 Å². The topological polar surface area (TPSA) is 113 Å². The molecule has 1 saturated heterocycles. The smallest absolute Gasteiger partial charge is 0.325 e. The zero-order chi connectivity index (χ0) is 21.3. The van der Waals surface area contributed by atoms with Crippen LogP contribution >= 0.6 is 0 Å². The number of nitrogens with one attached hydrogen (secondary N) is 3. The molecule has 2 aliphatic rings. The maximum atomic E-state index is 12.6. The molecule has 0 unspecified atom stereocenters. The number of carbonyl (C=O) groups excluding carboxylic acids is 4. The molecule has 5 amide bonds. The molecule has 2 fully saturated rings. The van der Waals surface area contributed by atoms with Gasteiger partial charge in [-0.25, -0.2) is 4.79 Å². The Hall–Kier alpha value is -3.36. The summed E-state index contributed by atoms with van der Waals surface area (Å²) in [5.74, 6) is -0.974. The second-order valence-corrected chi connectivity index (χ2v) is 7.95. The number of urea groups is 1. The first-order chi connectivity index (χ1) is 14.4. The Morgan fingerprint density at radius 1 is 1.13 bits per heavy atom. The van der Waals surface area contributed by atoms with Gasteiger partial charge >= 0.3 is 6.03 Å². The highest BCUT2D eigenvalue weighted by molar-refractivity contribution is 6.08. The number of rotatable bonds is 5. The molecular weight excluding hydrogens is 386 g/mol. The summed E-state index contributed by atoms with van der Waals surface area (Å²) in [7, 11) is 1.85. The molecule has 9 heteroatoms. The van der Waals surface area contributed by atoms with Crippen molar-refractivity contribution in [3.63, 3.8) is 0 Å². The van der Waals surface area contributed by atoms with E-state index in [9.17, 15) is 19.2 Å². The molecule has 1 aromatic carbocycles. The van der Waals surface area contributed by atoms with Crippen LogP contribution < -0.4 is 16.2 Å². The lowest BCUT2D eigenvalue weighted by molar-refractivity contribution is -0.131. The highest BCUT2D eigenvalue weighted by atomic mass is 16.2. The molecule has 3 N–H and O–H groups in total. The van der Waals surface area contributed by atoms with Gasteiger partial charge in [0, 0.05) is 37.1 Å². The Bertz CT molecular complexity index is 1020. The van der Waals surface area contributed by atoms with Crippen molar-refractivity contribution in [3.05, 3.63) is 36.0 Å². The molecule has 0 bridgehead atoms. The quantitative estimate of drug-likeness (QED) is 0.512. The fourth-order valence-electron chi connectivity index (χ4n) is 4.37. The third kappa shape index (κ3) is 3.51. The lowest BCUT2D eigenvalue weighted by atomic mass is 9.98. The largest absolute Gasteiger partial charge is 0.350 e. The Morgan fingerprint density at radius 3 is 2.63 bits per heavy atom. The molecular formula is C21H25N5O4. The van der Waals surface area contributed by atoms with E-state index in [1.54, 1.807) is 6.20 Å². The van der Waals surface area contributed by atoms with Gasteiger partial charge in [0.25, 0.3) is 11.8 Å². The van der Waals surface area contributed by atoms with E-state index in [-0.39, 0.29) is 30.8 Å². The van der Waals surface area contributed by atoms with E-state index in [1.807, 2.05) is 35.9 Å². The Morgan fingerprint density at radius 2 is 1.87 bits per heavy atom. The molecule has 9 nitrogen and oxygen atoms in total. The van der Waals surface area contributed by atoms with Crippen LogP contribution in [0.2, 0.25) is 0 Å². The van der Waals surface area contributed by atoms with Gasteiger partial charge in [-0.2, -0.15) is 0 Å². The first-order valence-corrected chi connectivity index (χ1v) is 10.2. The summed E-state index contributed by atoms with van der Waals surface area (Å²) in [6.45, 7) is 0.178. The normalized spacial score (nSPS) is 17.6. The van der Waals surface area contributed by atoms with E-state index in [4.69, 9.17) is 0 Å². The average Bonchev–Trinajstić information content (AvgIpc) is 3.40. The van der Waals surface area contributed by atoms with Crippen molar-refractivity contribution in [1.82, 2.24) is 25.6 Å². The molecule has 2 aromatic rings. The van der Waals surface area contributed by atoms with Crippen molar-refractivity contribution < 1.29 is 19.2 Å². The number of para-hydroxylation sites is 1. The second-order valence-electron chi connectivity index (χ2n) is 7.95. The molecule has 0 radical (unpaired) electrons.